The van der Waals surface area contributed by atoms with E-state index >= 15 is 0 Å². The fourth-order valence-electron chi connectivity index (χ4n) is 0.561. The second-order valence-corrected chi connectivity index (χ2v) is 1.95. The standard InChI is InChI=1S/C10H15/c1-3-5-7-9-10-8-6-4-2/h4-8,10H,1,3,9H2,2H3. The van der Waals surface area contributed by atoms with Crippen molar-refractivity contribution < 1.29 is 0 Å². The Hall–Kier alpha value is -0.780. The molecule has 0 N–H and O–H groups in total. The SMILES string of the molecule is [CH2]CC=CCC=CC=CC. The zero-order chi connectivity index (χ0) is 7.66. The second kappa shape index (κ2) is 8.22. The highest BCUT2D eigenvalue weighted by atomic mass is 13.7. The maximum absolute atomic E-state index is 3.69. The molecule has 0 heteroatoms. The van der Waals surface area contributed by atoms with Gasteiger partial charge in [0.1, 0.15) is 0 Å². The zero-order valence-corrected chi connectivity index (χ0v) is 6.59. The maximum Gasteiger partial charge on any atom is -0.0166 e. The minimum absolute atomic E-state index is 0.886. The van der Waals surface area contributed by atoms with Crippen molar-refractivity contribution in [1.82, 2.24) is 0 Å². The first-order valence-electron chi connectivity index (χ1n) is 3.64. The fourth-order valence-corrected chi connectivity index (χ4v) is 0.561. The van der Waals surface area contributed by atoms with Crippen LogP contribution in [0.25, 0.3) is 0 Å². The molecule has 0 fully saturated rings. The second-order valence-electron chi connectivity index (χ2n) is 1.95. The Balaban J connectivity index is 3.26. The molecule has 0 aliphatic rings. The highest BCUT2D eigenvalue weighted by molar-refractivity contribution is 5.03. The fraction of sp³-hybridized carbons (Fsp3) is 0.300. The minimum atomic E-state index is 0.886. The van der Waals surface area contributed by atoms with E-state index in [0.29, 0.717) is 0 Å². The van der Waals surface area contributed by atoms with Gasteiger partial charge in [-0.25, -0.2) is 0 Å². The lowest BCUT2D eigenvalue weighted by Gasteiger charge is -1.78. The predicted molar refractivity (Wildman–Crippen MR) is 47.7 cm³/mol. The van der Waals surface area contributed by atoms with Crippen molar-refractivity contribution >= 4 is 0 Å². The van der Waals surface area contributed by atoms with Crippen LogP contribution in [0.4, 0.5) is 0 Å². The third-order valence-electron chi connectivity index (χ3n) is 1.05. The van der Waals surface area contributed by atoms with Gasteiger partial charge in [-0.1, -0.05) is 36.5 Å². The van der Waals surface area contributed by atoms with E-state index < -0.39 is 0 Å². The average molecular weight is 135 g/mol. The number of rotatable bonds is 4. The van der Waals surface area contributed by atoms with Gasteiger partial charge < -0.3 is 0 Å². The highest BCUT2D eigenvalue weighted by Gasteiger charge is 1.67. The van der Waals surface area contributed by atoms with Crippen molar-refractivity contribution in [2.75, 3.05) is 0 Å². The summed E-state index contributed by atoms with van der Waals surface area (Å²) in [6.07, 6.45) is 14.3. The molecule has 0 spiro atoms. The lowest BCUT2D eigenvalue weighted by Crippen LogP contribution is -1.57. The molecule has 0 aromatic carbocycles. The van der Waals surface area contributed by atoms with Gasteiger partial charge in [-0.3, -0.25) is 0 Å². The summed E-state index contributed by atoms with van der Waals surface area (Å²) in [6.45, 7) is 5.70. The summed E-state index contributed by atoms with van der Waals surface area (Å²) in [5, 5.41) is 0. The molecular formula is C10H15. The maximum atomic E-state index is 3.69. The molecule has 0 amide bonds. The molecule has 0 aliphatic carbocycles. The molecule has 0 saturated heterocycles. The molecule has 0 aromatic rings. The average Bonchev–Trinajstić information content (AvgIpc) is 1.97. The topological polar surface area (TPSA) is 0 Å². The first-order valence-corrected chi connectivity index (χ1v) is 3.64. The van der Waals surface area contributed by atoms with Crippen molar-refractivity contribution in [3.63, 3.8) is 0 Å². The summed E-state index contributed by atoms with van der Waals surface area (Å²) in [5.74, 6) is 0. The molecule has 0 saturated carbocycles. The van der Waals surface area contributed by atoms with E-state index in [-0.39, 0.29) is 0 Å². The van der Waals surface area contributed by atoms with Crippen LogP contribution in [-0.2, 0) is 0 Å². The molecule has 55 valence electrons. The Morgan fingerprint density at radius 1 is 1.10 bits per heavy atom. The smallest absolute Gasteiger partial charge is 0.0166 e. The molecular weight excluding hydrogens is 120 g/mol. The van der Waals surface area contributed by atoms with Crippen LogP contribution in [0.2, 0.25) is 0 Å². The molecule has 0 nitrogen and oxygen atoms in total. The van der Waals surface area contributed by atoms with Gasteiger partial charge in [-0.15, -0.1) is 0 Å². The molecule has 0 aliphatic heterocycles. The van der Waals surface area contributed by atoms with E-state index in [1.807, 2.05) is 25.2 Å². The molecule has 0 bridgehead atoms. The van der Waals surface area contributed by atoms with Crippen molar-refractivity contribution in [3.8, 4) is 0 Å². The third-order valence-corrected chi connectivity index (χ3v) is 1.05. The van der Waals surface area contributed by atoms with Crippen LogP contribution >= 0.6 is 0 Å². The van der Waals surface area contributed by atoms with Crippen molar-refractivity contribution in [2.24, 2.45) is 0 Å². The third kappa shape index (κ3) is 7.22. The molecule has 0 unspecified atom stereocenters. The van der Waals surface area contributed by atoms with E-state index in [1.54, 1.807) is 0 Å². The molecule has 0 atom stereocenters. The molecule has 1 radical (unpaired) electrons. The summed E-state index contributed by atoms with van der Waals surface area (Å²) >= 11 is 0. The number of allylic oxidation sites excluding steroid dienone is 6. The minimum Gasteiger partial charge on any atom is -0.0882 e. The van der Waals surface area contributed by atoms with Gasteiger partial charge >= 0.3 is 0 Å². The summed E-state index contributed by atoms with van der Waals surface area (Å²) in [4.78, 5) is 0. The highest BCUT2D eigenvalue weighted by Crippen LogP contribution is 1.88. The van der Waals surface area contributed by atoms with Crippen LogP contribution in [0.5, 0.6) is 0 Å². The Bertz CT molecular complexity index is 127. The van der Waals surface area contributed by atoms with E-state index in [9.17, 15) is 0 Å². The molecule has 0 aromatic heterocycles. The first-order chi connectivity index (χ1) is 4.91. The van der Waals surface area contributed by atoms with Crippen LogP contribution < -0.4 is 0 Å². The van der Waals surface area contributed by atoms with Gasteiger partial charge in [-0.05, 0) is 26.7 Å². The lowest BCUT2D eigenvalue weighted by molar-refractivity contribution is 1.31. The Kier molecular flexibility index (Phi) is 7.58. The monoisotopic (exact) mass is 135 g/mol. The summed E-state index contributed by atoms with van der Waals surface area (Å²) in [6, 6.07) is 0. The summed E-state index contributed by atoms with van der Waals surface area (Å²) < 4.78 is 0. The molecule has 0 heterocycles. The Morgan fingerprint density at radius 3 is 2.50 bits per heavy atom. The van der Waals surface area contributed by atoms with Crippen LogP contribution in [-0.4, -0.2) is 0 Å². The predicted octanol–water partition coefficient (Wildman–Crippen LogP) is 3.29. The van der Waals surface area contributed by atoms with E-state index in [4.69, 9.17) is 0 Å². The number of hydrogen-bond acceptors (Lipinski definition) is 0. The van der Waals surface area contributed by atoms with Crippen LogP contribution in [0.15, 0.2) is 36.5 Å². The lowest BCUT2D eigenvalue weighted by atomic mass is 10.3. The van der Waals surface area contributed by atoms with Crippen molar-refractivity contribution in [3.05, 3.63) is 43.4 Å². The van der Waals surface area contributed by atoms with Gasteiger partial charge in [0.05, 0.1) is 0 Å². The normalized spacial score (nSPS) is 12.6. The van der Waals surface area contributed by atoms with Gasteiger partial charge in [0.25, 0.3) is 0 Å². The van der Waals surface area contributed by atoms with Gasteiger partial charge in [0, 0.05) is 0 Å². The van der Waals surface area contributed by atoms with E-state index in [2.05, 4.69) is 25.2 Å². The Morgan fingerprint density at radius 2 is 1.90 bits per heavy atom. The van der Waals surface area contributed by atoms with Gasteiger partial charge in [-0.2, -0.15) is 0 Å². The zero-order valence-electron chi connectivity index (χ0n) is 6.59. The first kappa shape index (κ1) is 9.22. The van der Waals surface area contributed by atoms with Gasteiger partial charge in [0.15, 0.2) is 0 Å². The van der Waals surface area contributed by atoms with Crippen LogP contribution in [0, 0.1) is 6.92 Å². The number of hydrogen-bond donors (Lipinski definition) is 0. The Labute approximate surface area is 64.0 Å². The van der Waals surface area contributed by atoms with E-state index in [0.717, 1.165) is 12.8 Å². The van der Waals surface area contributed by atoms with Crippen molar-refractivity contribution in [2.45, 2.75) is 19.8 Å². The van der Waals surface area contributed by atoms with Crippen LogP contribution in [0.1, 0.15) is 19.8 Å². The van der Waals surface area contributed by atoms with Crippen LogP contribution in [0.3, 0.4) is 0 Å². The van der Waals surface area contributed by atoms with Gasteiger partial charge in [0.2, 0.25) is 0 Å². The summed E-state index contributed by atoms with van der Waals surface area (Å²) in [7, 11) is 0. The summed E-state index contributed by atoms with van der Waals surface area (Å²) in [5.41, 5.74) is 0. The largest absolute Gasteiger partial charge is 0.0882 e. The molecule has 0 rings (SSSR count). The quantitative estimate of drug-likeness (QED) is 0.410. The van der Waals surface area contributed by atoms with Crippen molar-refractivity contribution in [1.29, 1.82) is 0 Å². The molecule has 10 heavy (non-hydrogen) atoms. The van der Waals surface area contributed by atoms with E-state index in [1.165, 1.54) is 0 Å².